The molecule has 0 amide bonds. The summed E-state index contributed by atoms with van der Waals surface area (Å²) in [6, 6.07) is 9.42. The summed E-state index contributed by atoms with van der Waals surface area (Å²) >= 11 is 6.05. The van der Waals surface area contributed by atoms with Crippen molar-refractivity contribution in [3.63, 3.8) is 0 Å². The number of anilines is 2. The molecular formula is C19H28ClN7. The largest absolute Gasteiger partial charge is 0.368 e. The lowest BCUT2D eigenvalue weighted by atomic mass is 9.98. The summed E-state index contributed by atoms with van der Waals surface area (Å²) in [5, 5.41) is 11.4. The molecular weight excluding hydrogens is 362 g/mol. The lowest BCUT2D eigenvalue weighted by Gasteiger charge is -2.41. The van der Waals surface area contributed by atoms with E-state index in [0.29, 0.717) is 18.0 Å². The van der Waals surface area contributed by atoms with Crippen LogP contribution in [-0.2, 0) is 6.42 Å². The van der Waals surface area contributed by atoms with Gasteiger partial charge in [-0.25, -0.2) is 5.10 Å². The zero-order chi connectivity index (χ0) is 18.6. The second-order valence-electron chi connectivity index (χ2n) is 7.52. The third-order valence-corrected chi connectivity index (χ3v) is 5.96. The highest BCUT2D eigenvalue weighted by Gasteiger charge is 2.31. The van der Waals surface area contributed by atoms with E-state index in [9.17, 15) is 0 Å². The molecule has 1 aromatic carbocycles. The Morgan fingerprint density at radius 3 is 2.63 bits per heavy atom. The van der Waals surface area contributed by atoms with E-state index in [1.807, 2.05) is 12.1 Å². The zero-order valence-electron chi connectivity index (χ0n) is 15.6. The van der Waals surface area contributed by atoms with Crippen molar-refractivity contribution in [3.05, 3.63) is 34.9 Å². The molecule has 2 fully saturated rings. The number of aromatic nitrogens is 3. The van der Waals surface area contributed by atoms with Gasteiger partial charge in [-0.05, 0) is 56.5 Å². The fourth-order valence-corrected chi connectivity index (χ4v) is 4.45. The number of H-pyrrole nitrogens is 1. The highest BCUT2D eigenvalue weighted by Crippen LogP contribution is 2.24. The number of hydrogen-bond acceptors (Lipinski definition) is 6. The smallest absolute Gasteiger partial charge is 0.246 e. The molecule has 0 radical (unpaired) electrons. The molecule has 1 unspecified atom stereocenters. The molecule has 2 aliphatic rings. The standard InChI is InChI=1S/C19H28ClN7/c20-15-4-2-14(3-5-15)12-17-13-22-8-1-9-27(17)16-6-10-26(11-7-16)19-23-18(21)24-25-19/h2-5,16-17,22H,1,6-13H2,(H3,21,23,24,25). The summed E-state index contributed by atoms with van der Waals surface area (Å²) in [6.07, 6.45) is 4.52. The van der Waals surface area contributed by atoms with E-state index in [2.05, 4.69) is 42.4 Å². The molecule has 0 spiro atoms. The predicted octanol–water partition coefficient (Wildman–Crippen LogP) is 1.92. The summed E-state index contributed by atoms with van der Waals surface area (Å²) in [4.78, 5) is 9.23. The molecule has 7 nitrogen and oxygen atoms in total. The Labute approximate surface area is 165 Å². The van der Waals surface area contributed by atoms with Crippen molar-refractivity contribution in [2.75, 3.05) is 43.4 Å². The van der Waals surface area contributed by atoms with Gasteiger partial charge >= 0.3 is 0 Å². The molecule has 0 aliphatic carbocycles. The van der Waals surface area contributed by atoms with Crippen molar-refractivity contribution in [1.82, 2.24) is 25.4 Å². The Hall–Kier alpha value is -1.83. The van der Waals surface area contributed by atoms with Gasteiger partial charge in [-0.3, -0.25) is 4.90 Å². The summed E-state index contributed by atoms with van der Waals surface area (Å²) in [5.74, 6) is 1.11. The molecule has 27 heavy (non-hydrogen) atoms. The minimum absolute atomic E-state index is 0.383. The van der Waals surface area contributed by atoms with E-state index < -0.39 is 0 Å². The maximum atomic E-state index is 6.05. The number of halogens is 1. The van der Waals surface area contributed by atoms with Crippen LogP contribution in [-0.4, -0.2) is 64.9 Å². The van der Waals surface area contributed by atoms with Gasteiger partial charge in [0.2, 0.25) is 11.9 Å². The fraction of sp³-hybridized carbons (Fsp3) is 0.579. The van der Waals surface area contributed by atoms with Crippen LogP contribution in [0.15, 0.2) is 24.3 Å². The first-order valence-corrected chi connectivity index (χ1v) is 10.2. The minimum Gasteiger partial charge on any atom is -0.368 e. The molecule has 3 heterocycles. The van der Waals surface area contributed by atoms with E-state index in [4.69, 9.17) is 17.3 Å². The number of piperidine rings is 1. The van der Waals surface area contributed by atoms with E-state index >= 15 is 0 Å². The van der Waals surface area contributed by atoms with Gasteiger partial charge in [0.15, 0.2) is 0 Å². The van der Waals surface area contributed by atoms with Gasteiger partial charge in [-0.15, -0.1) is 5.10 Å². The molecule has 2 aromatic rings. The maximum absolute atomic E-state index is 6.05. The third-order valence-electron chi connectivity index (χ3n) is 5.71. The third kappa shape index (κ3) is 4.54. The van der Waals surface area contributed by atoms with Gasteiger partial charge in [-0.1, -0.05) is 23.7 Å². The Kier molecular flexibility index (Phi) is 5.80. The average molecular weight is 390 g/mol. The normalized spacial score (nSPS) is 22.7. The van der Waals surface area contributed by atoms with Crippen LogP contribution in [0.25, 0.3) is 0 Å². The van der Waals surface area contributed by atoms with Crippen molar-refractivity contribution >= 4 is 23.5 Å². The van der Waals surface area contributed by atoms with Crippen molar-refractivity contribution in [1.29, 1.82) is 0 Å². The van der Waals surface area contributed by atoms with Gasteiger partial charge in [0.1, 0.15) is 0 Å². The first-order valence-electron chi connectivity index (χ1n) is 9.83. The molecule has 4 N–H and O–H groups in total. The van der Waals surface area contributed by atoms with Gasteiger partial charge in [0.25, 0.3) is 0 Å². The monoisotopic (exact) mass is 389 g/mol. The number of aromatic amines is 1. The van der Waals surface area contributed by atoms with Crippen molar-refractivity contribution in [2.24, 2.45) is 0 Å². The van der Waals surface area contributed by atoms with Crippen molar-refractivity contribution in [2.45, 2.75) is 37.8 Å². The molecule has 8 heteroatoms. The second kappa shape index (κ2) is 8.46. The van der Waals surface area contributed by atoms with E-state index in [-0.39, 0.29) is 0 Å². The van der Waals surface area contributed by atoms with Crippen molar-refractivity contribution in [3.8, 4) is 0 Å². The number of nitrogen functional groups attached to an aromatic ring is 1. The molecule has 0 saturated carbocycles. The van der Waals surface area contributed by atoms with Crippen LogP contribution in [0.4, 0.5) is 11.9 Å². The maximum Gasteiger partial charge on any atom is 0.246 e. The number of benzene rings is 1. The van der Waals surface area contributed by atoms with Gasteiger partial charge in [-0.2, -0.15) is 4.98 Å². The molecule has 2 aliphatic heterocycles. The van der Waals surface area contributed by atoms with Crippen LogP contribution in [0.1, 0.15) is 24.8 Å². The van der Waals surface area contributed by atoms with Gasteiger partial charge in [0, 0.05) is 36.7 Å². The Morgan fingerprint density at radius 2 is 1.93 bits per heavy atom. The van der Waals surface area contributed by atoms with Crippen LogP contribution < -0.4 is 16.0 Å². The minimum atomic E-state index is 0.383. The van der Waals surface area contributed by atoms with Crippen molar-refractivity contribution < 1.29 is 0 Å². The summed E-state index contributed by atoms with van der Waals surface area (Å²) < 4.78 is 0. The summed E-state index contributed by atoms with van der Waals surface area (Å²) in [7, 11) is 0. The van der Waals surface area contributed by atoms with Crippen LogP contribution >= 0.6 is 11.6 Å². The molecule has 4 rings (SSSR count). The highest BCUT2D eigenvalue weighted by atomic mass is 35.5. The molecule has 2 saturated heterocycles. The Morgan fingerprint density at radius 1 is 1.15 bits per heavy atom. The number of hydrogen-bond donors (Lipinski definition) is 3. The number of rotatable bonds is 4. The first-order chi connectivity index (χ1) is 13.2. The number of nitrogens with zero attached hydrogens (tertiary/aromatic N) is 4. The van der Waals surface area contributed by atoms with Gasteiger partial charge in [0.05, 0.1) is 0 Å². The summed E-state index contributed by atoms with van der Waals surface area (Å²) in [5.41, 5.74) is 7.02. The molecule has 146 valence electrons. The summed E-state index contributed by atoms with van der Waals surface area (Å²) in [6.45, 7) is 5.24. The average Bonchev–Trinajstić information content (AvgIpc) is 2.99. The van der Waals surface area contributed by atoms with Crippen LogP contribution in [0.2, 0.25) is 5.02 Å². The van der Waals surface area contributed by atoms with E-state index in [1.54, 1.807) is 0 Å². The number of nitrogens with two attached hydrogens (primary N) is 1. The molecule has 1 atom stereocenters. The second-order valence-corrected chi connectivity index (χ2v) is 7.96. The molecule has 0 bridgehead atoms. The van der Waals surface area contributed by atoms with E-state index in [1.165, 1.54) is 12.0 Å². The van der Waals surface area contributed by atoms with E-state index in [0.717, 1.165) is 63.0 Å². The fourth-order valence-electron chi connectivity index (χ4n) is 4.32. The Bertz CT molecular complexity index is 724. The first kappa shape index (κ1) is 18.5. The number of nitrogens with one attached hydrogen (secondary N) is 2. The highest BCUT2D eigenvalue weighted by molar-refractivity contribution is 6.30. The topological polar surface area (TPSA) is 86.1 Å². The predicted molar refractivity (Wildman–Crippen MR) is 109 cm³/mol. The molecule has 1 aromatic heterocycles. The SMILES string of the molecule is Nc1nc(N2CCC(N3CCCNCC3Cc3ccc(Cl)cc3)CC2)n[nH]1. The zero-order valence-corrected chi connectivity index (χ0v) is 16.3. The van der Waals surface area contributed by atoms with Crippen LogP contribution in [0.5, 0.6) is 0 Å². The van der Waals surface area contributed by atoms with Gasteiger partial charge < -0.3 is 16.0 Å². The van der Waals surface area contributed by atoms with Crippen LogP contribution in [0, 0.1) is 0 Å². The lowest BCUT2D eigenvalue weighted by molar-refractivity contribution is 0.121. The quantitative estimate of drug-likeness (QED) is 0.740. The van der Waals surface area contributed by atoms with Crippen LogP contribution in [0.3, 0.4) is 0 Å². The lowest BCUT2D eigenvalue weighted by Crippen LogP contribution is -2.51. The Balaban J connectivity index is 1.41.